The Bertz CT molecular complexity index is 1020. The number of para-hydroxylation sites is 1. The SMILES string of the molecule is COC(=O)[C@]1(C)N[C@H](c2ccccc2C)[C@@H]2C(=O)N(c3ccccc3F)C(=O)[C@@H]21. The van der Waals surface area contributed by atoms with Crippen LogP contribution in [0.5, 0.6) is 0 Å². The molecule has 4 rings (SSSR count). The summed E-state index contributed by atoms with van der Waals surface area (Å²) in [5.74, 6) is -4.31. The van der Waals surface area contributed by atoms with Crippen molar-refractivity contribution in [2.75, 3.05) is 12.0 Å². The summed E-state index contributed by atoms with van der Waals surface area (Å²) in [5.41, 5.74) is 0.209. The number of hydrogen-bond acceptors (Lipinski definition) is 5. The molecular formula is C22H21FN2O4. The molecule has 0 aromatic heterocycles. The summed E-state index contributed by atoms with van der Waals surface area (Å²) in [4.78, 5) is 40.3. The Balaban J connectivity index is 1.87. The Morgan fingerprint density at radius 2 is 1.76 bits per heavy atom. The second-order valence-electron chi connectivity index (χ2n) is 7.64. The van der Waals surface area contributed by atoms with Crippen molar-refractivity contribution in [3.05, 3.63) is 65.5 Å². The highest BCUT2D eigenvalue weighted by molar-refractivity contribution is 6.24. The lowest BCUT2D eigenvalue weighted by atomic mass is 9.80. The first-order chi connectivity index (χ1) is 13.8. The lowest BCUT2D eigenvalue weighted by Gasteiger charge is -2.29. The van der Waals surface area contributed by atoms with Gasteiger partial charge in [-0.05, 0) is 37.1 Å². The van der Waals surface area contributed by atoms with Gasteiger partial charge in [0.1, 0.15) is 11.4 Å². The molecular weight excluding hydrogens is 375 g/mol. The maximum absolute atomic E-state index is 14.4. The molecule has 0 saturated carbocycles. The number of benzene rings is 2. The Labute approximate surface area is 167 Å². The Morgan fingerprint density at radius 3 is 2.41 bits per heavy atom. The molecule has 2 aromatic rings. The van der Waals surface area contributed by atoms with Crippen LogP contribution in [0.3, 0.4) is 0 Å². The smallest absolute Gasteiger partial charge is 0.326 e. The molecule has 4 atom stereocenters. The van der Waals surface area contributed by atoms with Crippen LogP contribution >= 0.6 is 0 Å². The summed E-state index contributed by atoms with van der Waals surface area (Å²) in [6.45, 7) is 3.46. The van der Waals surface area contributed by atoms with E-state index in [2.05, 4.69) is 5.32 Å². The number of hydrogen-bond donors (Lipinski definition) is 1. The fourth-order valence-corrected chi connectivity index (χ4v) is 4.61. The molecule has 0 unspecified atom stereocenters. The Hall–Kier alpha value is -3.06. The third-order valence-electron chi connectivity index (χ3n) is 6.01. The fraction of sp³-hybridized carbons (Fsp3) is 0.318. The Kier molecular flexibility index (Phi) is 4.50. The molecule has 0 spiro atoms. The van der Waals surface area contributed by atoms with Gasteiger partial charge in [-0.3, -0.25) is 19.7 Å². The number of anilines is 1. The summed E-state index contributed by atoms with van der Waals surface area (Å²) in [6.07, 6.45) is 0. The van der Waals surface area contributed by atoms with Gasteiger partial charge in [-0.2, -0.15) is 0 Å². The minimum atomic E-state index is -1.42. The maximum Gasteiger partial charge on any atom is 0.326 e. The van der Waals surface area contributed by atoms with Crippen LogP contribution in [0.25, 0.3) is 0 Å². The van der Waals surface area contributed by atoms with Gasteiger partial charge in [0.2, 0.25) is 11.8 Å². The van der Waals surface area contributed by atoms with Gasteiger partial charge in [-0.1, -0.05) is 36.4 Å². The van der Waals surface area contributed by atoms with Crippen molar-refractivity contribution in [1.82, 2.24) is 5.32 Å². The highest BCUT2D eigenvalue weighted by Gasteiger charge is 2.67. The zero-order valence-electron chi connectivity index (χ0n) is 16.3. The van der Waals surface area contributed by atoms with Crippen LogP contribution < -0.4 is 10.2 Å². The van der Waals surface area contributed by atoms with Crippen LogP contribution in [0.2, 0.25) is 0 Å². The minimum Gasteiger partial charge on any atom is -0.468 e. The van der Waals surface area contributed by atoms with Crippen LogP contribution in [0.4, 0.5) is 10.1 Å². The Morgan fingerprint density at radius 1 is 1.10 bits per heavy atom. The minimum absolute atomic E-state index is 0.104. The summed E-state index contributed by atoms with van der Waals surface area (Å²) in [6, 6.07) is 12.5. The third kappa shape index (κ3) is 2.68. The predicted molar refractivity (Wildman–Crippen MR) is 103 cm³/mol. The van der Waals surface area contributed by atoms with Gasteiger partial charge < -0.3 is 4.74 Å². The van der Waals surface area contributed by atoms with Crippen molar-refractivity contribution in [3.8, 4) is 0 Å². The quantitative estimate of drug-likeness (QED) is 0.637. The van der Waals surface area contributed by atoms with E-state index in [-0.39, 0.29) is 5.69 Å². The summed E-state index contributed by atoms with van der Waals surface area (Å²) in [7, 11) is 1.24. The number of nitrogens with zero attached hydrogens (tertiary/aromatic N) is 1. The maximum atomic E-state index is 14.4. The number of methoxy groups -OCH3 is 1. The van der Waals surface area contributed by atoms with Crippen LogP contribution in [0.1, 0.15) is 24.1 Å². The van der Waals surface area contributed by atoms with E-state index >= 15 is 0 Å². The number of imide groups is 1. The third-order valence-corrected chi connectivity index (χ3v) is 6.01. The predicted octanol–water partition coefficient (Wildman–Crippen LogP) is 2.52. The number of esters is 1. The summed E-state index contributed by atoms with van der Waals surface area (Å²) in [5, 5.41) is 3.19. The highest BCUT2D eigenvalue weighted by Crippen LogP contribution is 2.50. The first kappa shape index (κ1) is 19.3. The standard InChI is InChI=1S/C22H21FN2O4/c1-12-8-4-5-9-13(12)18-16-17(22(2,24-18)21(28)29-3)20(27)25(19(16)26)15-11-7-6-10-14(15)23/h4-11,16-18,24H,1-3H3/t16-,17-,18-,22-/m1/s1. The number of rotatable bonds is 3. The lowest BCUT2D eigenvalue weighted by Crippen LogP contribution is -2.54. The number of halogens is 1. The van der Waals surface area contributed by atoms with Crippen molar-refractivity contribution in [3.63, 3.8) is 0 Å². The average Bonchev–Trinajstić information content (AvgIpc) is 3.16. The van der Waals surface area contributed by atoms with E-state index in [1.807, 2.05) is 31.2 Å². The van der Waals surface area contributed by atoms with Crippen molar-refractivity contribution >= 4 is 23.5 Å². The van der Waals surface area contributed by atoms with Crippen molar-refractivity contribution < 1.29 is 23.5 Å². The monoisotopic (exact) mass is 396 g/mol. The number of fused-ring (bicyclic) bond motifs is 1. The molecule has 2 amide bonds. The molecule has 0 radical (unpaired) electrons. The molecule has 0 bridgehead atoms. The molecule has 7 heteroatoms. The largest absolute Gasteiger partial charge is 0.468 e. The molecule has 150 valence electrons. The van der Waals surface area contributed by atoms with Gasteiger partial charge in [-0.15, -0.1) is 0 Å². The van der Waals surface area contributed by atoms with E-state index in [9.17, 15) is 18.8 Å². The number of carbonyl (C=O) groups is 3. The highest BCUT2D eigenvalue weighted by atomic mass is 19.1. The van der Waals surface area contributed by atoms with Crippen LogP contribution in [0.15, 0.2) is 48.5 Å². The van der Waals surface area contributed by atoms with Crippen molar-refractivity contribution in [2.45, 2.75) is 25.4 Å². The van der Waals surface area contributed by atoms with Gasteiger partial charge in [0.05, 0.1) is 24.6 Å². The van der Waals surface area contributed by atoms with Crippen LogP contribution in [-0.4, -0.2) is 30.4 Å². The molecule has 29 heavy (non-hydrogen) atoms. The number of nitrogens with one attached hydrogen (secondary N) is 1. The number of amides is 2. The summed E-state index contributed by atoms with van der Waals surface area (Å²) < 4.78 is 19.4. The topological polar surface area (TPSA) is 75.7 Å². The zero-order valence-corrected chi connectivity index (χ0v) is 16.3. The molecule has 2 aromatic carbocycles. The van der Waals surface area contributed by atoms with Gasteiger partial charge in [0.15, 0.2) is 0 Å². The zero-order chi connectivity index (χ0) is 20.9. The number of aryl methyl sites for hydroxylation is 1. The van der Waals surface area contributed by atoms with Crippen molar-refractivity contribution in [1.29, 1.82) is 0 Å². The molecule has 2 aliphatic heterocycles. The number of carbonyl (C=O) groups excluding carboxylic acids is 3. The first-order valence-electron chi connectivity index (χ1n) is 9.35. The second-order valence-corrected chi connectivity index (χ2v) is 7.64. The summed E-state index contributed by atoms with van der Waals surface area (Å²) >= 11 is 0. The van der Waals surface area contributed by atoms with Gasteiger partial charge in [-0.25, -0.2) is 9.29 Å². The lowest BCUT2D eigenvalue weighted by molar-refractivity contribution is -0.151. The molecule has 0 aliphatic carbocycles. The molecule has 2 fully saturated rings. The normalized spacial score (nSPS) is 28.6. The fourth-order valence-electron chi connectivity index (χ4n) is 4.61. The molecule has 6 nitrogen and oxygen atoms in total. The molecule has 1 N–H and O–H groups in total. The second kappa shape index (κ2) is 6.77. The van der Waals surface area contributed by atoms with E-state index in [1.54, 1.807) is 13.0 Å². The average molecular weight is 396 g/mol. The molecule has 2 heterocycles. The van der Waals surface area contributed by atoms with E-state index in [0.717, 1.165) is 16.0 Å². The van der Waals surface area contributed by atoms with E-state index in [1.165, 1.54) is 25.3 Å². The van der Waals surface area contributed by atoms with E-state index in [4.69, 9.17) is 4.74 Å². The van der Waals surface area contributed by atoms with E-state index in [0.29, 0.717) is 0 Å². The first-order valence-corrected chi connectivity index (χ1v) is 9.35. The van der Waals surface area contributed by atoms with Gasteiger partial charge in [0.25, 0.3) is 0 Å². The van der Waals surface area contributed by atoms with Crippen LogP contribution in [0, 0.1) is 24.6 Å². The van der Waals surface area contributed by atoms with E-state index < -0.39 is 47.0 Å². The van der Waals surface area contributed by atoms with Gasteiger partial charge in [0, 0.05) is 6.04 Å². The number of ether oxygens (including phenoxy) is 1. The molecule has 2 saturated heterocycles. The van der Waals surface area contributed by atoms with Crippen LogP contribution in [-0.2, 0) is 19.1 Å². The van der Waals surface area contributed by atoms with Crippen molar-refractivity contribution in [2.24, 2.45) is 11.8 Å². The van der Waals surface area contributed by atoms with Gasteiger partial charge >= 0.3 is 5.97 Å². The molecule has 2 aliphatic rings.